The molecule has 0 spiro atoms. The number of aromatic nitrogens is 3. The van der Waals surface area contributed by atoms with Crippen molar-refractivity contribution >= 4 is 23.2 Å². The maximum atomic E-state index is 12.2. The molecule has 1 amide bonds. The molecule has 0 aromatic carbocycles. The fraction of sp³-hybridized carbons (Fsp3) is 0.562. The molecule has 1 fully saturated rings. The molecule has 2 aromatic rings. The largest absolute Gasteiger partial charge is 0.444 e. The standard InChI is InChI=1S/C16H23N5O2/c1-16(2,3)23-15(22)21-9-7-11(10-21)20(4)14-18-12-6-5-8-17-13(12)19-14/h5-6,8,11H,7,9-10H2,1-4H3,(H,17,18,19). The minimum Gasteiger partial charge on any atom is -0.444 e. The lowest BCUT2D eigenvalue weighted by molar-refractivity contribution is 0.0292. The van der Waals surface area contributed by atoms with Crippen LogP contribution in [0.25, 0.3) is 11.2 Å². The Bertz CT molecular complexity index is 673. The van der Waals surface area contributed by atoms with Gasteiger partial charge in [0.15, 0.2) is 5.65 Å². The van der Waals surface area contributed by atoms with Gasteiger partial charge in [-0.2, -0.15) is 4.98 Å². The van der Waals surface area contributed by atoms with Crippen LogP contribution >= 0.6 is 0 Å². The smallest absolute Gasteiger partial charge is 0.410 e. The van der Waals surface area contributed by atoms with Gasteiger partial charge < -0.3 is 19.5 Å². The topological polar surface area (TPSA) is 74.4 Å². The van der Waals surface area contributed by atoms with E-state index in [1.54, 1.807) is 11.1 Å². The number of H-pyrrole nitrogens is 1. The number of imidazole rings is 1. The van der Waals surface area contributed by atoms with E-state index in [2.05, 4.69) is 19.9 Å². The molecule has 1 N–H and O–H groups in total. The summed E-state index contributed by atoms with van der Waals surface area (Å²) in [5, 5.41) is 0. The summed E-state index contributed by atoms with van der Waals surface area (Å²) in [5.41, 5.74) is 1.15. The van der Waals surface area contributed by atoms with Crippen LogP contribution in [0.3, 0.4) is 0 Å². The second kappa shape index (κ2) is 5.72. The molecule has 1 unspecified atom stereocenters. The van der Waals surface area contributed by atoms with Crippen LogP contribution in [0, 0.1) is 0 Å². The van der Waals surface area contributed by atoms with E-state index < -0.39 is 5.60 Å². The predicted octanol–water partition coefficient (Wildman–Crippen LogP) is 2.40. The second-order valence-corrected chi connectivity index (χ2v) is 6.91. The minimum atomic E-state index is -0.467. The lowest BCUT2D eigenvalue weighted by atomic mass is 10.2. The first-order valence-electron chi connectivity index (χ1n) is 7.85. The quantitative estimate of drug-likeness (QED) is 0.920. The Morgan fingerprint density at radius 3 is 2.96 bits per heavy atom. The molecule has 7 nitrogen and oxygen atoms in total. The molecule has 7 heteroatoms. The third kappa shape index (κ3) is 3.38. The molecule has 0 aliphatic carbocycles. The molecule has 3 rings (SSSR count). The lowest BCUT2D eigenvalue weighted by Gasteiger charge is -2.26. The molecule has 0 radical (unpaired) electrons. The van der Waals surface area contributed by atoms with Gasteiger partial charge in [0, 0.05) is 26.3 Å². The van der Waals surface area contributed by atoms with E-state index >= 15 is 0 Å². The van der Waals surface area contributed by atoms with Gasteiger partial charge in [0.2, 0.25) is 5.95 Å². The normalized spacial score (nSPS) is 18.4. The fourth-order valence-corrected chi connectivity index (χ4v) is 2.72. The molecule has 1 aliphatic heterocycles. The third-order valence-corrected chi connectivity index (χ3v) is 3.94. The summed E-state index contributed by atoms with van der Waals surface area (Å²) < 4.78 is 5.44. The van der Waals surface area contributed by atoms with Crippen LogP contribution in [-0.2, 0) is 4.74 Å². The summed E-state index contributed by atoms with van der Waals surface area (Å²) in [6.45, 7) is 6.97. The zero-order valence-corrected chi connectivity index (χ0v) is 14.0. The third-order valence-electron chi connectivity index (χ3n) is 3.94. The zero-order valence-electron chi connectivity index (χ0n) is 14.0. The van der Waals surface area contributed by atoms with Crippen LogP contribution < -0.4 is 4.90 Å². The first kappa shape index (κ1) is 15.6. The highest BCUT2D eigenvalue weighted by Gasteiger charge is 2.32. The summed E-state index contributed by atoms with van der Waals surface area (Å²) >= 11 is 0. The molecule has 2 aromatic heterocycles. The van der Waals surface area contributed by atoms with Crippen LogP contribution in [0.4, 0.5) is 10.7 Å². The van der Waals surface area contributed by atoms with Gasteiger partial charge in [-0.05, 0) is 39.3 Å². The van der Waals surface area contributed by atoms with Gasteiger partial charge in [-0.1, -0.05) is 0 Å². The number of ether oxygens (including phenoxy) is 1. The number of likely N-dealkylation sites (tertiary alicyclic amines) is 1. The molecule has 1 aliphatic rings. The monoisotopic (exact) mass is 317 g/mol. The Kier molecular flexibility index (Phi) is 3.87. The molecule has 1 saturated heterocycles. The number of likely N-dealkylation sites (N-methyl/N-ethyl adjacent to an activating group) is 1. The maximum absolute atomic E-state index is 12.2. The maximum Gasteiger partial charge on any atom is 0.410 e. The van der Waals surface area contributed by atoms with E-state index in [0.29, 0.717) is 18.7 Å². The average molecular weight is 317 g/mol. The molecule has 124 valence electrons. The van der Waals surface area contributed by atoms with E-state index in [1.165, 1.54) is 0 Å². The number of pyridine rings is 1. The highest BCUT2D eigenvalue weighted by molar-refractivity contribution is 5.73. The summed E-state index contributed by atoms with van der Waals surface area (Å²) in [6, 6.07) is 4.04. The van der Waals surface area contributed by atoms with Gasteiger partial charge in [-0.3, -0.25) is 0 Å². The molecule has 0 bridgehead atoms. The molecule has 23 heavy (non-hydrogen) atoms. The molecule has 0 saturated carbocycles. The SMILES string of the molecule is CN(c1nc2ncccc2[nH]1)C1CCN(C(=O)OC(C)(C)C)C1. The fourth-order valence-electron chi connectivity index (χ4n) is 2.72. The number of hydrogen-bond acceptors (Lipinski definition) is 5. The predicted molar refractivity (Wildman–Crippen MR) is 88.5 cm³/mol. The summed E-state index contributed by atoms with van der Waals surface area (Å²) in [5.74, 6) is 0.773. The van der Waals surface area contributed by atoms with Gasteiger partial charge in [0.25, 0.3) is 0 Å². The van der Waals surface area contributed by atoms with Crippen molar-refractivity contribution in [2.75, 3.05) is 25.0 Å². The van der Waals surface area contributed by atoms with Crippen molar-refractivity contribution in [1.82, 2.24) is 19.9 Å². The Morgan fingerprint density at radius 1 is 1.48 bits per heavy atom. The Morgan fingerprint density at radius 2 is 2.26 bits per heavy atom. The average Bonchev–Trinajstić information content (AvgIpc) is 3.11. The van der Waals surface area contributed by atoms with Crippen molar-refractivity contribution in [3.63, 3.8) is 0 Å². The van der Waals surface area contributed by atoms with E-state index in [4.69, 9.17) is 4.74 Å². The second-order valence-electron chi connectivity index (χ2n) is 6.91. The summed E-state index contributed by atoms with van der Waals surface area (Å²) in [6.07, 6.45) is 2.37. The van der Waals surface area contributed by atoms with Crippen LogP contribution in [0.5, 0.6) is 0 Å². The van der Waals surface area contributed by atoms with Crippen LogP contribution in [0.15, 0.2) is 18.3 Å². The van der Waals surface area contributed by atoms with Crippen LogP contribution in [0.1, 0.15) is 27.2 Å². The number of hydrogen-bond donors (Lipinski definition) is 1. The van der Waals surface area contributed by atoms with Gasteiger partial charge in [0.05, 0.1) is 11.6 Å². The van der Waals surface area contributed by atoms with Crippen LogP contribution in [-0.4, -0.2) is 57.7 Å². The van der Waals surface area contributed by atoms with E-state index in [0.717, 1.165) is 17.9 Å². The number of carbonyl (C=O) groups is 1. The number of anilines is 1. The van der Waals surface area contributed by atoms with Crippen molar-refractivity contribution in [1.29, 1.82) is 0 Å². The molecular weight excluding hydrogens is 294 g/mol. The van der Waals surface area contributed by atoms with Gasteiger partial charge in [0.1, 0.15) is 5.60 Å². The van der Waals surface area contributed by atoms with Crippen molar-refractivity contribution in [3.05, 3.63) is 18.3 Å². The van der Waals surface area contributed by atoms with Crippen molar-refractivity contribution in [2.24, 2.45) is 0 Å². The first-order chi connectivity index (χ1) is 10.8. The van der Waals surface area contributed by atoms with Gasteiger partial charge in [-0.25, -0.2) is 9.78 Å². The van der Waals surface area contributed by atoms with E-state index in [1.807, 2.05) is 40.0 Å². The van der Waals surface area contributed by atoms with Crippen molar-refractivity contribution in [3.8, 4) is 0 Å². The number of fused-ring (bicyclic) bond motifs is 1. The summed E-state index contributed by atoms with van der Waals surface area (Å²) in [7, 11) is 1.99. The molecule has 1 atom stereocenters. The Hall–Kier alpha value is -2.31. The number of aromatic amines is 1. The number of amides is 1. The first-order valence-corrected chi connectivity index (χ1v) is 7.85. The summed E-state index contributed by atoms with van der Waals surface area (Å²) in [4.78, 5) is 28.0. The highest BCUT2D eigenvalue weighted by atomic mass is 16.6. The Labute approximate surface area is 135 Å². The van der Waals surface area contributed by atoms with Crippen LogP contribution in [0.2, 0.25) is 0 Å². The number of nitrogens with zero attached hydrogens (tertiary/aromatic N) is 4. The molecule has 3 heterocycles. The molecular formula is C16H23N5O2. The van der Waals surface area contributed by atoms with Gasteiger partial charge in [-0.15, -0.1) is 0 Å². The van der Waals surface area contributed by atoms with Crippen molar-refractivity contribution in [2.45, 2.75) is 38.8 Å². The zero-order chi connectivity index (χ0) is 16.6. The number of carbonyl (C=O) groups excluding carboxylic acids is 1. The number of nitrogens with one attached hydrogen (secondary N) is 1. The minimum absolute atomic E-state index is 0.211. The highest BCUT2D eigenvalue weighted by Crippen LogP contribution is 2.22. The van der Waals surface area contributed by atoms with E-state index in [9.17, 15) is 4.79 Å². The Balaban J connectivity index is 1.67. The number of rotatable bonds is 2. The van der Waals surface area contributed by atoms with E-state index in [-0.39, 0.29) is 12.1 Å². The lowest BCUT2D eigenvalue weighted by Crippen LogP contribution is -2.39. The van der Waals surface area contributed by atoms with Gasteiger partial charge >= 0.3 is 6.09 Å². The van der Waals surface area contributed by atoms with Crippen molar-refractivity contribution < 1.29 is 9.53 Å².